The number of nitrogens with zero attached hydrogens (tertiary/aromatic N) is 2. The molecule has 27 heavy (non-hydrogen) atoms. The van der Waals surface area contributed by atoms with Crippen LogP contribution in [0.4, 0.5) is 5.69 Å². The third-order valence-electron chi connectivity index (χ3n) is 5.61. The molecule has 0 N–H and O–H groups in total. The van der Waals surface area contributed by atoms with E-state index in [9.17, 15) is 13.2 Å². The van der Waals surface area contributed by atoms with Crippen LogP contribution in [0.25, 0.3) is 0 Å². The summed E-state index contributed by atoms with van der Waals surface area (Å²) in [6, 6.07) is 5.15. The molecule has 3 aliphatic rings. The molecular weight excluding hydrogens is 368 g/mol. The van der Waals surface area contributed by atoms with Gasteiger partial charge in [-0.25, -0.2) is 8.42 Å². The van der Waals surface area contributed by atoms with Crippen LogP contribution >= 0.6 is 0 Å². The third-order valence-corrected chi connectivity index (χ3v) is 6.88. The van der Waals surface area contributed by atoms with Crippen molar-refractivity contribution < 1.29 is 22.7 Å². The summed E-state index contributed by atoms with van der Waals surface area (Å²) in [5.41, 5.74) is 2.18. The number of fused-ring (bicyclic) bond motifs is 1. The predicted molar refractivity (Wildman–Crippen MR) is 101 cm³/mol. The van der Waals surface area contributed by atoms with E-state index < -0.39 is 10.0 Å². The minimum Gasteiger partial charge on any atom is -0.348 e. The van der Waals surface area contributed by atoms with Gasteiger partial charge >= 0.3 is 0 Å². The second-order valence-electron chi connectivity index (χ2n) is 7.63. The van der Waals surface area contributed by atoms with E-state index in [1.807, 2.05) is 17.9 Å². The van der Waals surface area contributed by atoms with Gasteiger partial charge in [-0.1, -0.05) is 0 Å². The molecule has 0 aliphatic carbocycles. The molecule has 1 amide bonds. The van der Waals surface area contributed by atoms with Gasteiger partial charge in [0.15, 0.2) is 6.29 Å². The summed E-state index contributed by atoms with van der Waals surface area (Å²) in [7, 11) is -3.33. The average Bonchev–Trinajstić information content (AvgIpc) is 3.26. The monoisotopic (exact) mass is 394 g/mol. The Balaban J connectivity index is 1.60. The fourth-order valence-corrected chi connectivity index (χ4v) is 5.76. The number of rotatable bonds is 3. The Hall–Kier alpha value is -1.64. The molecular formula is C19H26N2O5S. The first-order valence-corrected chi connectivity index (χ1v) is 11.4. The van der Waals surface area contributed by atoms with Gasteiger partial charge in [0.25, 0.3) is 5.91 Å². The van der Waals surface area contributed by atoms with Gasteiger partial charge in [-0.05, 0) is 56.4 Å². The van der Waals surface area contributed by atoms with Crippen LogP contribution in [-0.2, 0) is 25.9 Å². The van der Waals surface area contributed by atoms with Crippen molar-refractivity contribution in [3.8, 4) is 0 Å². The molecule has 0 radical (unpaired) electrons. The molecule has 0 saturated carbocycles. The van der Waals surface area contributed by atoms with Gasteiger partial charge in [-0.3, -0.25) is 9.10 Å². The minimum absolute atomic E-state index is 0.0351. The highest BCUT2D eigenvalue weighted by atomic mass is 32.2. The zero-order valence-corrected chi connectivity index (χ0v) is 16.6. The lowest BCUT2D eigenvalue weighted by atomic mass is 9.99. The summed E-state index contributed by atoms with van der Waals surface area (Å²) in [4.78, 5) is 15.1. The van der Waals surface area contributed by atoms with Crippen molar-refractivity contribution >= 4 is 21.6 Å². The second kappa shape index (κ2) is 7.07. The van der Waals surface area contributed by atoms with Gasteiger partial charge in [-0.15, -0.1) is 0 Å². The van der Waals surface area contributed by atoms with E-state index in [4.69, 9.17) is 9.47 Å². The van der Waals surface area contributed by atoms with Gasteiger partial charge in [0.1, 0.15) is 0 Å². The van der Waals surface area contributed by atoms with E-state index in [-0.39, 0.29) is 24.3 Å². The molecule has 8 heteroatoms. The Morgan fingerprint density at radius 3 is 2.63 bits per heavy atom. The zero-order valence-electron chi connectivity index (χ0n) is 15.8. The first-order chi connectivity index (χ1) is 12.9. The summed E-state index contributed by atoms with van der Waals surface area (Å²) in [5, 5.41) is 0. The molecule has 2 atom stereocenters. The number of anilines is 1. The van der Waals surface area contributed by atoms with Crippen LogP contribution in [0.2, 0.25) is 0 Å². The maximum Gasteiger partial charge on any atom is 0.254 e. The molecule has 0 aromatic heterocycles. The Morgan fingerprint density at radius 1 is 1.19 bits per heavy atom. The van der Waals surface area contributed by atoms with E-state index in [0.717, 1.165) is 24.8 Å². The number of carbonyl (C=O) groups excluding carboxylic acids is 1. The van der Waals surface area contributed by atoms with Crippen molar-refractivity contribution in [1.82, 2.24) is 4.90 Å². The topological polar surface area (TPSA) is 76.2 Å². The third kappa shape index (κ3) is 3.46. The van der Waals surface area contributed by atoms with Crippen LogP contribution in [0.1, 0.15) is 42.1 Å². The number of ether oxygens (including phenoxy) is 2. The fourth-order valence-electron chi connectivity index (χ4n) is 4.50. The number of carbonyl (C=O) groups is 1. The van der Waals surface area contributed by atoms with Crippen molar-refractivity contribution in [2.24, 2.45) is 0 Å². The lowest BCUT2D eigenvalue weighted by molar-refractivity contribution is -0.100. The van der Waals surface area contributed by atoms with E-state index in [1.54, 1.807) is 12.1 Å². The highest BCUT2D eigenvalue weighted by molar-refractivity contribution is 7.92. The van der Waals surface area contributed by atoms with Gasteiger partial charge in [0, 0.05) is 18.2 Å². The molecule has 7 nitrogen and oxygen atoms in total. The molecule has 2 saturated heterocycles. The smallest absolute Gasteiger partial charge is 0.254 e. The molecule has 1 aromatic carbocycles. The number of amides is 1. The van der Waals surface area contributed by atoms with Crippen molar-refractivity contribution in [2.45, 2.75) is 51.0 Å². The summed E-state index contributed by atoms with van der Waals surface area (Å²) in [6.45, 7) is 3.72. The molecule has 2 unspecified atom stereocenters. The van der Waals surface area contributed by atoms with Crippen LogP contribution in [0, 0.1) is 0 Å². The van der Waals surface area contributed by atoms with Crippen molar-refractivity contribution in [3.63, 3.8) is 0 Å². The van der Waals surface area contributed by atoms with Crippen molar-refractivity contribution in [3.05, 3.63) is 29.3 Å². The summed E-state index contributed by atoms with van der Waals surface area (Å²) in [6.07, 6.45) is 4.39. The summed E-state index contributed by atoms with van der Waals surface area (Å²) in [5.74, 6) is -0.0351. The largest absolute Gasteiger partial charge is 0.348 e. The standard InChI is InChI=1S/C19H26N2O5S/c1-13-11-15-12-14(6-7-16(15)21(13)27(2,23)24)18(22)20-8-4-3-5-17(20)19-25-9-10-26-19/h6-7,12-13,17,19H,3-5,8-11H2,1-2H3. The first kappa shape index (κ1) is 18.7. The normalized spacial score (nSPS) is 26.4. The van der Waals surface area contributed by atoms with E-state index in [1.165, 1.54) is 10.6 Å². The van der Waals surface area contributed by atoms with E-state index in [2.05, 4.69) is 0 Å². The maximum atomic E-state index is 13.2. The van der Waals surface area contributed by atoms with E-state index in [0.29, 0.717) is 37.4 Å². The Kier molecular flexibility index (Phi) is 4.90. The zero-order chi connectivity index (χ0) is 19.2. The number of benzene rings is 1. The quantitative estimate of drug-likeness (QED) is 0.781. The Bertz CT molecular complexity index is 835. The van der Waals surface area contributed by atoms with Crippen molar-refractivity contribution in [2.75, 3.05) is 30.3 Å². The van der Waals surface area contributed by atoms with Crippen molar-refractivity contribution in [1.29, 1.82) is 0 Å². The number of likely N-dealkylation sites (tertiary alicyclic amines) is 1. The number of sulfonamides is 1. The van der Waals surface area contributed by atoms with Crippen LogP contribution in [-0.4, -0.2) is 63.6 Å². The fraction of sp³-hybridized carbons (Fsp3) is 0.632. The van der Waals surface area contributed by atoms with Gasteiger partial charge in [0.2, 0.25) is 10.0 Å². The first-order valence-electron chi connectivity index (χ1n) is 9.53. The minimum atomic E-state index is -3.33. The highest BCUT2D eigenvalue weighted by Crippen LogP contribution is 2.35. The van der Waals surface area contributed by atoms with Crippen LogP contribution < -0.4 is 4.31 Å². The lowest BCUT2D eigenvalue weighted by Gasteiger charge is -2.38. The number of hydrogen-bond donors (Lipinski definition) is 0. The molecule has 2 fully saturated rings. The molecule has 3 heterocycles. The molecule has 1 aromatic rings. The number of hydrogen-bond acceptors (Lipinski definition) is 5. The Morgan fingerprint density at radius 2 is 1.93 bits per heavy atom. The molecule has 0 bridgehead atoms. The maximum absolute atomic E-state index is 13.2. The van der Waals surface area contributed by atoms with Crippen LogP contribution in [0.15, 0.2) is 18.2 Å². The second-order valence-corrected chi connectivity index (χ2v) is 9.49. The Labute approximate surface area is 160 Å². The molecule has 148 valence electrons. The van der Waals surface area contributed by atoms with Gasteiger partial charge < -0.3 is 14.4 Å². The average molecular weight is 394 g/mol. The lowest BCUT2D eigenvalue weighted by Crippen LogP contribution is -2.50. The van der Waals surface area contributed by atoms with Gasteiger partial charge in [-0.2, -0.15) is 0 Å². The van der Waals surface area contributed by atoms with E-state index >= 15 is 0 Å². The molecule has 0 spiro atoms. The predicted octanol–water partition coefficient (Wildman–Crippen LogP) is 1.76. The summed E-state index contributed by atoms with van der Waals surface area (Å²) < 4.78 is 36.9. The highest BCUT2D eigenvalue weighted by Gasteiger charge is 2.38. The number of piperidine rings is 1. The molecule has 4 rings (SSSR count). The summed E-state index contributed by atoms with van der Waals surface area (Å²) >= 11 is 0. The SMILES string of the molecule is CC1Cc2cc(C(=O)N3CCCCC3C3OCCO3)ccc2N1S(C)(=O)=O. The van der Waals surface area contributed by atoms with Crippen LogP contribution in [0.3, 0.4) is 0 Å². The molecule has 3 aliphatic heterocycles. The van der Waals surface area contributed by atoms with Gasteiger partial charge in [0.05, 0.1) is 31.2 Å². The van der Waals surface area contributed by atoms with Crippen LogP contribution in [0.5, 0.6) is 0 Å².